The van der Waals surface area contributed by atoms with Crippen molar-refractivity contribution in [3.05, 3.63) is 0 Å². The highest BCUT2D eigenvalue weighted by molar-refractivity contribution is 8.00. The summed E-state index contributed by atoms with van der Waals surface area (Å²) in [7, 11) is 0. The molecular weight excluding hydrogens is 184 g/mol. The predicted octanol–water partition coefficient (Wildman–Crippen LogP) is -2.50. The summed E-state index contributed by atoms with van der Waals surface area (Å²) in [6.07, 6.45) is -3.94. The van der Waals surface area contributed by atoms with Crippen molar-refractivity contribution in [1.82, 2.24) is 0 Å². The zero-order chi connectivity index (χ0) is 9.30. The first-order valence-electron chi connectivity index (χ1n) is 3.56. The van der Waals surface area contributed by atoms with Gasteiger partial charge in [0.2, 0.25) is 0 Å². The average Bonchev–Trinajstić information content (AvgIpc) is 2.08. The Morgan fingerprint density at radius 2 is 1.50 bits per heavy atom. The Hall–Kier alpha value is 0.150. The van der Waals surface area contributed by atoms with Gasteiger partial charge in [0.05, 0.1) is 18.0 Å². The van der Waals surface area contributed by atoms with Crippen molar-refractivity contribution in [2.24, 2.45) is 0 Å². The second-order valence-corrected chi connectivity index (χ2v) is 4.08. The maximum Gasteiger partial charge on any atom is 0.128 e. The van der Waals surface area contributed by atoms with E-state index in [9.17, 15) is 5.11 Å². The van der Waals surface area contributed by atoms with Crippen LogP contribution < -0.4 is 0 Å². The minimum absolute atomic E-state index is 0.341. The lowest BCUT2D eigenvalue weighted by molar-refractivity contribution is -0.0953. The largest absolute Gasteiger partial charge is 0.395 e. The highest BCUT2D eigenvalue weighted by atomic mass is 32.2. The van der Waals surface area contributed by atoms with E-state index < -0.39 is 29.0 Å². The Morgan fingerprint density at radius 1 is 0.917 bits per heavy atom. The molecule has 4 unspecified atom stereocenters. The third-order valence-corrected chi connectivity index (χ3v) is 3.20. The number of rotatable bonds is 1. The molecule has 72 valence electrons. The molecule has 0 spiro atoms. The maximum atomic E-state index is 9.22. The Kier molecular flexibility index (Phi) is 3.33. The number of thioether (sulfide) groups is 1. The number of aliphatic hydroxyl groups excluding tert-OH is 5. The molecule has 1 aliphatic heterocycles. The van der Waals surface area contributed by atoms with E-state index in [1.54, 1.807) is 0 Å². The smallest absolute Gasteiger partial charge is 0.128 e. The summed E-state index contributed by atoms with van der Waals surface area (Å²) in [6, 6.07) is 0. The van der Waals surface area contributed by atoms with Crippen molar-refractivity contribution in [3.8, 4) is 0 Å². The quantitative estimate of drug-likeness (QED) is 0.318. The molecule has 1 fully saturated rings. The second kappa shape index (κ2) is 3.91. The van der Waals surface area contributed by atoms with Gasteiger partial charge >= 0.3 is 0 Å². The van der Waals surface area contributed by atoms with Crippen LogP contribution >= 0.6 is 11.8 Å². The molecular formula is C6H12O5S. The highest BCUT2D eigenvalue weighted by Crippen LogP contribution is 2.30. The normalized spacial score (nSPS) is 49.2. The van der Waals surface area contributed by atoms with Gasteiger partial charge in [0.15, 0.2) is 0 Å². The molecule has 0 saturated carbocycles. The maximum absolute atomic E-state index is 9.22. The highest BCUT2D eigenvalue weighted by Gasteiger charge is 2.42. The Labute approximate surface area is 73.7 Å². The molecule has 5 N–H and O–H groups in total. The van der Waals surface area contributed by atoms with E-state index in [4.69, 9.17) is 20.4 Å². The van der Waals surface area contributed by atoms with Crippen LogP contribution in [0.1, 0.15) is 0 Å². The van der Waals surface area contributed by atoms with E-state index in [-0.39, 0.29) is 6.61 Å². The third-order valence-electron chi connectivity index (χ3n) is 1.87. The first kappa shape index (κ1) is 10.2. The Balaban J connectivity index is 2.63. The summed E-state index contributed by atoms with van der Waals surface area (Å²) in [6.45, 7) is -0.341. The van der Waals surface area contributed by atoms with E-state index in [1.165, 1.54) is 0 Å². The van der Waals surface area contributed by atoms with Crippen LogP contribution in [0.15, 0.2) is 0 Å². The minimum Gasteiger partial charge on any atom is -0.395 e. The lowest BCUT2D eigenvalue weighted by atomic mass is 10.0. The first-order chi connectivity index (χ1) is 5.57. The Morgan fingerprint density at radius 3 is 2.00 bits per heavy atom. The third kappa shape index (κ3) is 1.73. The van der Waals surface area contributed by atoms with Gasteiger partial charge in [-0.05, 0) is 0 Å². The topological polar surface area (TPSA) is 101 Å². The molecule has 5 atom stereocenters. The number of hydrogen-bond acceptors (Lipinski definition) is 6. The van der Waals surface area contributed by atoms with Crippen molar-refractivity contribution >= 4 is 11.8 Å². The SMILES string of the molecule is OCC1SC(O)C(O)C(O)[C@@H]1O. The van der Waals surface area contributed by atoms with Crippen molar-refractivity contribution < 1.29 is 25.5 Å². The van der Waals surface area contributed by atoms with Gasteiger partial charge in [-0.2, -0.15) is 0 Å². The summed E-state index contributed by atoms with van der Waals surface area (Å²) in [5, 5.41) is 44.6. The van der Waals surface area contributed by atoms with Crippen LogP contribution in [-0.2, 0) is 0 Å². The van der Waals surface area contributed by atoms with Crippen LogP contribution in [0, 0.1) is 0 Å². The Bertz CT molecular complexity index is 150. The van der Waals surface area contributed by atoms with Crippen LogP contribution in [0.25, 0.3) is 0 Å². The van der Waals surface area contributed by atoms with E-state index in [1.807, 2.05) is 0 Å². The molecule has 6 heteroatoms. The lowest BCUT2D eigenvalue weighted by Crippen LogP contribution is -2.53. The molecule has 1 rings (SSSR count). The van der Waals surface area contributed by atoms with Gasteiger partial charge in [0.25, 0.3) is 0 Å². The molecule has 0 aliphatic carbocycles. The van der Waals surface area contributed by atoms with Crippen LogP contribution in [-0.4, -0.2) is 61.1 Å². The van der Waals surface area contributed by atoms with Gasteiger partial charge in [-0.15, -0.1) is 11.8 Å². The summed E-state index contributed by atoms with van der Waals surface area (Å²) >= 11 is 0.852. The van der Waals surface area contributed by atoms with Gasteiger partial charge in [-0.1, -0.05) is 0 Å². The van der Waals surface area contributed by atoms with Crippen LogP contribution in [0.3, 0.4) is 0 Å². The molecule has 5 nitrogen and oxygen atoms in total. The van der Waals surface area contributed by atoms with Gasteiger partial charge in [-0.3, -0.25) is 0 Å². The fourth-order valence-electron chi connectivity index (χ4n) is 1.08. The van der Waals surface area contributed by atoms with Gasteiger partial charge < -0.3 is 25.5 Å². The van der Waals surface area contributed by atoms with Crippen LogP contribution in [0.4, 0.5) is 0 Å². The second-order valence-electron chi connectivity index (χ2n) is 2.72. The molecule has 0 bridgehead atoms. The first-order valence-corrected chi connectivity index (χ1v) is 4.50. The average molecular weight is 196 g/mol. The van der Waals surface area contributed by atoms with Gasteiger partial charge in [-0.25, -0.2) is 0 Å². The lowest BCUT2D eigenvalue weighted by Gasteiger charge is -2.36. The van der Waals surface area contributed by atoms with Crippen molar-refractivity contribution in [3.63, 3.8) is 0 Å². The zero-order valence-electron chi connectivity index (χ0n) is 6.24. The summed E-state index contributed by atoms with van der Waals surface area (Å²) in [5.74, 6) is 0. The van der Waals surface area contributed by atoms with E-state index in [0.717, 1.165) is 11.8 Å². The molecule has 1 heterocycles. The molecule has 0 aromatic heterocycles. The molecule has 0 aromatic carbocycles. The number of hydrogen-bond donors (Lipinski definition) is 5. The summed E-state index contributed by atoms with van der Waals surface area (Å²) in [5.41, 5.74) is -1.15. The molecule has 12 heavy (non-hydrogen) atoms. The van der Waals surface area contributed by atoms with Crippen molar-refractivity contribution in [2.75, 3.05) is 6.61 Å². The van der Waals surface area contributed by atoms with Crippen LogP contribution in [0.5, 0.6) is 0 Å². The summed E-state index contributed by atoms with van der Waals surface area (Å²) in [4.78, 5) is 0. The summed E-state index contributed by atoms with van der Waals surface area (Å²) < 4.78 is 0. The molecule has 0 amide bonds. The van der Waals surface area contributed by atoms with Gasteiger partial charge in [0, 0.05) is 0 Å². The predicted molar refractivity (Wildman–Crippen MR) is 42.5 cm³/mol. The molecule has 1 aliphatic rings. The molecule has 0 aromatic rings. The van der Waals surface area contributed by atoms with Crippen molar-refractivity contribution in [2.45, 2.75) is 29.0 Å². The van der Waals surface area contributed by atoms with E-state index >= 15 is 0 Å². The standard InChI is InChI=1S/C6H12O5S/c7-1-2-3(8)4(9)5(10)6(11)12-2/h2-11H,1H2/t2?,3-,4?,5?,6?/m1/s1. The number of aliphatic hydroxyl groups is 5. The minimum atomic E-state index is -1.39. The fourth-order valence-corrected chi connectivity index (χ4v) is 2.17. The van der Waals surface area contributed by atoms with E-state index in [0.29, 0.717) is 0 Å². The molecule has 1 saturated heterocycles. The van der Waals surface area contributed by atoms with Gasteiger partial charge in [0.1, 0.15) is 17.6 Å². The zero-order valence-corrected chi connectivity index (χ0v) is 7.05. The molecule has 0 radical (unpaired) electrons. The van der Waals surface area contributed by atoms with Crippen LogP contribution in [0.2, 0.25) is 0 Å². The van der Waals surface area contributed by atoms with E-state index in [2.05, 4.69) is 0 Å². The monoisotopic (exact) mass is 196 g/mol. The fraction of sp³-hybridized carbons (Fsp3) is 1.00. The van der Waals surface area contributed by atoms with Crippen molar-refractivity contribution in [1.29, 1.82) is 0 Å².